The number of aromatic amines is 1. The van der Waals surface area contributed by atoms with Crippen LogP contribution in [0.1, 0.15) is 18.4 Å². The minimum Gasteiger partial charge on any atom is -0.393 e. The van der Waals surface area contributed by atoms with Gasteiger partial charge in [0.25, 0.3) is 0 Å². The summed E-state index contributed by atoms with van der Waals surface area (Å²) < 4.78 is 0. The Labute approximate surface area is 93.7 Å². The van der Waals surface area contributed by atoms with Gasteiger partial charge in [-0.1, -0.05) is 0 Å². The predicted molar refractivity (Wildman–Crippen MR) is 62.0 cm³/mol. The Morgan fingerprint density at radius 3 is 3.19 bits per heavy atom. The predicted octanol–water partition coefficient (Wildman–Crippen LogP) is 1.18. The standard InChI is InChI=1S/C12H15N3O/c16-10-4-9(5-10)14-6-8-7-15-12-11(8)2-1-3-13-12/h1-3,7,9-10,14,16H,4-6H2,(H,13,15). The molecular weight excluding hydrogens is 202 g/mol. The first-order chi connectivity index (χ1) is 7.83. The summed E-state index contributed by atoms with van der Waals surface area (Å²) in [6.07, 6.45) is 5.45. The van der Waals surface area contributed by atoms with Gasteiger partial charge >= 0.3 is 0 Å². The van der Waals surface area contributed by atoms with E-state index in [2.05, 4.69) is 21.4 Å². The molecular formula is C12H15N3O. The van der Waals surface area contributed by atoms with E-state index >= 15 is 0 Å². The molecule has 2 aromatic heterocycles. The minimum absolute atomic E-state index is 0.0952. The van der Waals surface area contributed by atoms with Crippen LogP contribution in [0.2, 0.25) is 0 Å². The van der Waals surface area contributed by atoms with Crippen molar-refractivity contribution in [2.24, 2.45) is 0 Å². The number of nitrogens with one attached hydrogen (secondary N) is 2. The number of aliphatic hydroxyl groups excluding tert-OH is 1. The second kappa shape index (κ2) is 3.88. The van der Waals surface area contributed by atoms with Crippen molar-refractivity contribution < 1.29 is 5.11 Å². The monoisotopic (exact) mass is 217 g/mol. The molecule has 2 heterocycles. The van der Waals surface area contributed by atoms with E-state index in [4.69, 9.17) is 0 Å². The number of hydrogen-bond acceptors (Lipinski definition) is 3. The summed E-state index contributed by atoms with van der Waals surface area (Å²) in [6.45, 7) is 0.836. The van der Waals surface area contributed by atoms with E-state index in [1.54, 1.807) is 6.20 Å². The fraction of sp³-hybridized carbons (Fsp3) is 0.417. The molecule has 0 radical (unpaired) electrons. The van der Waals surface area contributed by atoms with Gasteiger partial charge in [-0.15, -0.1) is 0 Å². The van der Waals surface area contributed by atoms with Crippen LogP contribution in [0.25, 0.3) is 11.0 Å². The molecule has 0 unspecified atom stereocenters. The Kier molecular flexibility index (Phi) is 2.38. The number of H-pyrrole nitrogens is 1. The first-order valence-electron chi connectivity index (χ1n) is 5.65. The van der Waals surface area contributed by atoms with Gasteiger partial charge in [0.15, 0.2) is 0 Å². The molecule has 0 saturated heterocycles. The van der Waals surface area contributed by atoms with Crippen LogP contribution in [0.5, 0.6) is 0 Å². The molecule has 0 bridgehead atoms. The van der Waals surface area contributed by atoms with Crippen molar-refractivity contribution in [1.29, 1.82) is 0 Å². The van der Waals surface area contributed by atoms with E-state index in [1.807, 2.05) is 12.3 Å². The normalized spacial score (nSPS) is 24.6. The smallest absolute Gasteiger partial charge is 0.137 e. The SMILES string of the molecule is OC1CC(NCc2c[nH]c3ncccc23)C1. The van der Waals surface area contributed by atoms with E-state index in [0.29, 0.717) is 6.04 Å². The van der Waals surface area contributed by atoms with Crippen LogP contribution in [0, 0.1) is 0 Å². The molecule has 4 heteroatoms. The molecule has 3 rings (SSSR count). The molecule has 1 aliphatic carbocycles. The number of fused-ring (bicyclic) bond motifs is 1. The maximum atomic E-state index is 9.19. The first-order valence-corrected chi connectivity index (χ1v) is 5.65. The third-order valence-electron chi connectivity index (χ3n) is 3.23. The van der Waals surface area contributed by atoms with E-state index in [9.17, 15) is 5.11 Å². The molecule has 0 amide bonds. The lowest BCUT2D eigenvalue weighted by Crippen LogP contribution is -2.43. The molecule has 4 nitrogen and oxygen atoms in total. The minimum atomic E-state index is -0.0952. The summed E-state index contributed by atoms with van der Waals surface area (Å²) in [4.78, 5) is 7.41. The van der Waals surface area contributed by atoms with Crippen LogP contribution in [-0.2, 0) is 6.54 Å². The highest BCUT2D eigenvalue weighted by molar-refractivity contribution is 5.79. The third-order valence-corrected chi connectivity index (χ3v) is 3.23. The molecule has 16 heavy (non-hydrogen) atoms. The Bertz CT molecular complexity index is 488. The zero-order valence-electron chi connectivity index (χ0n) is 8.98. The Hall–Kier alpha value is -1.39. The quantitative estimate of drug-likeness (QED) is 0.723. The van der Waals surface area contributed by atoms with Crippen LogP contribution >= 0.6 is 0 Å². The van der Waals surface area contributed by atoms with Crippen molar-refractivity contribution in [3.8, 4) is 0 Å². The van der Waals surface area contributed by atoms with Crippen LogP contribution in [0.4, 0.5) is 0 Å². The van der Waals surface area contributed by atoms with Crippen molar-refractivity contribution in [1.82, 2.24) is 15.3 Å². The fourth-order valence-electron chi connectivity index (χ4n) is 2.17. The highest BCUT2D eigenvalue weighted by Crippen LogP contribution is 2.21. The van der Waals surface area contributed by atoms with Gasteiger partial charge in [-0.3, -0.25) is 0 Å². The van der Waals surface area contributed by atoms with Gasteiger partial charge < -0.3 is 15.4 Å². The molecule has 0 atom stereocenters. The highest BCUT2D eigenvalue weighted by atomic mass is 16.3. The molecule has 1 saturated carbocycles. The topological polar surface area (TPSA) is 60.9 Å². The van der Waals surface area contributed by atoms with Gasteiger partial charge in [-0.25, -0.2) is 4.98 Å². The van der Waals surface area contributed by atoms with Gasteiger partial charge in [0, 0.05) is 30.4 Å². The van der Waals surface area contributed by atoms with Crippen molar-refractivity contribution in [2.75, 3.05) is 0 Å². The van der Waals surface area contributed by atoms with Crippen molar-refractivity contribution in [2.45, 2.75) is 31.5 Å². The summed E-state index contributed by atoms with van der Waals surface area (Å²) in [5.41, 5.74) is 2.18. The van der Waals surface area contributed by atoms with Crippen molar-refractivity contribution in [3.05, 3.63) is 30.1 Å². The molecule has 3 N–H and O–H groups in total. The van der Waals surface area contributed by atoms with Crippen molar-refractivity contribution in [3.63, 3.8) is 0 Å². The van der Waals surface area contributed by atoms with Gasteiger partial charge in [-0.2, -0.15) is 0 Å². The van der Waals surface area contributed by atoms with E-state index in [-0.39, 0.29) is 6.10 Å². The number of pyridine rings is 1. The zero-order chi connectivity index (χ0) is 11.0. The average Bonchev–Trinajstić information content (AvgIpc) is 2.66. The molecule has 84 valence electrons. The first kappa shape index (κ1) is 9.81. The van der Waals surface area contributed by atoms with E-state index < -0.39 is 0 Å². The fourth-order valence-corrected chi connectivity index (χ4v) is 2.17. The average molecular weight is 217 g/mol. The lowest BCUT2D eigenvalue weighted by molar-refractivity contribution is 0.0620. The third kappa shape index (κ3) is 1.70. The van der Waals surface area contributed by atoms with Gasteiger partial charge in [0.2, 0.25) is 0 Å². The maximum absolute atomic E-state index is 9.19. The van der Waals surface area contributed by atoms with Crippen LogP contribution in [0.3, 0.4) is 0 Å². The van der Waals surface area contributed by atoms with Crippen molar-refractivity contribution >= 4 is 11.0 Å². The maximum Gasteiger partial charge on any atom is 0.137 e. The highest BCUT2D eigenvalue weighted by Gasteiger charge is 2.26. The summed E-state index contributed by atoms with van der Waals surface area (Å²) in [5, 5.41) is 13.8. The Morgan fingerprint density at radius 2 is 2.38 bits per heavy atom. The largest absolute Gasteiger partial charge is 0.393 e. The summed E-state index contributed by atoms with van der Waals surface area (Å²) in [5.74, 6) is 0. The molecule has 2 aromatic rings. The second-order valence-corrected chi connectivity index (χ2v) is 4.42. The summed E-state index contributed by atoms with van der Waals surface area (Å²) in [6, 6.07) is 4.50. The molecule has 1 fully saturated rings. The van der Waals surface area contributed by atoms with E-state index in [0.717, 1.165) is 25.0 Å². The second-order valence-electron chi connectivity index (χ2n) is 4.42. The molecule has 1 aliphatic rings. The lowest BCUT2D eigenvalue weighted by atomic mass is 9.89. The molecule has 0 spiro atoms. The lowest BCUT2D eigenvalue weighted by Gasteiger charge is -2.32. The van der Waals surface area contributed by atoms with Crippen LogP contribution in [0.15, 0.2) is 24.5 Å². The number of rotatable bonds is 3. The molecule has 0 aromatic carbocycles. The number of aliphatic hydroxyl groups is 1. The molecule has 0 aliphatic heterocycles. The van der Waals surface area contributed by atoms with Gasteiger partial charge in [0.1, 0.15) is 5.65 Å². The number of nitrogens with zero attached hydrogens (tertiary/aromatic N) is 1. The van der Waals surface area contributed by atoms with Gasteiger partial charge in [-0.05, 0) is 30.5 Å². The van der Waals surface area contributed by atoms with Gasteiger partial charge in [0.05, 0.1) is 6.10 Å². The Balaban J connectivity index is 1.70. The number of aromatic nitrogens is 2. The number of hydrogen-bond donors (Lipinski definition) is 3. The van der Waals surface area contributed by atoms with Crippen LogP contribution in [-0.4, -0.2) is 27.2 Å². The zero-order valence-corrected chi connectivity index (χ0v) is 8.98. The summed E-state index contributed by atoms with van der Waals surface area (Å²) in [7, 11) is 0. The van der Waals surface area contributed by atoms with E-state index in [1.165, 1.54) is 10.9 Å². The van der Waals surface area contributed by atoms with Crippen LogP contribution < -0.4 is 5.32 Å². The Morgan fingerprint density at radius 1 is 1.50 bits per heavy atom. The summed E-state index contributed by atoms with van der Waals surface area (Å²) >= 11 is 0.